The summed E-state index contributed by atoms with van der Waals surface area (Å²) in [6.45, 7) is 0. The topological polar surface area (TPSA) is 13.1 Å². The van der Waals surface area contributed by atoms with Crippen molar-refractivity contribution < 1.29 is 17.6 Å². The first kappa shape index (κ1) is 13.0. The minimum Gasteiger partial charge on any atom is -0.468 e. The molecule has 0 N–H and O–H groups in total. The van der Waals surface area contributed by atoms with Gasteiger partial charge in [0.05, 0.1) is 17.2 Å². The summed E-state index contributed by atoms with van der Waals surface area (Å²) < 4.78 is 42.2. The van der Waals surface area contributed by atoms with E-state index in [1.54, 1.807) is 12.1 Å². The Morgan fingerprint density at radius 1 is 1.11 bits per heavy atom. The smallest absolute Gasteiger partial charge is 0.416 e. The molecule has 0 aliphatic rings. The predicted molar refractivity (Wildman–Crippen MR) is 62.5 cm³/mol. The van der Waals surface area contributed by atoms with Crippen LogP contribution < -0.4 is 0 Å². The molecule has 1 aromatic carbocycles. The maximum absolute atomic E-state index is 12.4. The van der Waals surface area contributed by atoms with E-state index in [4.69, 9.17) is 16.0 Å². The summed E-state index contributed by atoms with van der Waals surface area (Å²) in [5.41, 5.74) is 0.0785. The molecular formula is C13H10ClF3O. The Hall–Kier alpha value is -1.42. The van der Waals surface area contributed by atoms with Crippen LogP contribution in [0.4, 0.5) is 13.2 Å². The third-order valence-corrected chi connectivity index (χ3v) is 2.92. The quantitative estimate of drug-likeness (QED) is 0.731. The van der Waals surface area contributed by atoms with E-state index >= 15 is 0 Å². The van der Waals surface area contributed by atoms with Crippen LogP contribution in [0.25, 0.3) is 0 Å². The molecule has 0 aliphatic heterocycles. The summed E-state index contributed by atoms with van der Waals surface area (Å²) in [4.78, 5) is 0. The second-order valence-electron chi connectivity index (χ2n) is 3.88. The molecule has 5 heteroatoms. The van der Waals surface area contributed by atoms with Gasteiger partial charge in [-0.05, 0) is 36.2 Å². The molecule has 0 bridgehead atoms. The first-order chi connectivity index (χ1) is 8.47. The van der Waals surface area contributed by atoms with E-state index in [9.17, 15) is 13.2 Å². The molecule has 2 aromatic rings. The summed E-state index contributed by atoms with van der Waals surface area (Å²) in [5.74, 6) is 0.608. The third-order valence-electron chi connectivity index (χ3n) is 2.55. The number of benzene rings is 1. The maximum Gasteiger partial charge on any atom is 0.416 e. The second kappa shape index (κ2) is 5.06. The minimum atomic E-state index is -4.31. The molecule has 0 fully saturated rings. The van der Waals surface area contributed by atoms with Crippen molar-refractivity contribution in [2.45, 2.75) is 18.0 Å². The molecule has 0 saturated heterocycles. The second-order valence-corrected chi connectivity index (χ2v) is 4.41. The molecule has 0 radical (unpaired) electrons. The summed E-state index contributed by atoms with van der Waals surface area (Å²) in [6, 6.07) is 8.43. The average Bonchev–Trinajstić information content (AvgIpc) is 2.82. The first-order valence-electron chi connectivity index (χ1n) is 5.30. The molecule has 18 heavy (non-hydrogen) atoms. The zero-order valence-corrected chi connectivity index (χ0v) is 10.0. The summed E-state index contributed by atoms with van der Waals surface area (Å²) in [5, 5.41) is -0.378. The SMILES string of the molecule is FC(F)(F)c1ccc(CC(Cl)c2ccco2)cc1. The number of halogens is 4. The van der Waals surface area contributed by atoms with Crippen LogP contribution in [-0.2, 0) is 12.6 Å². The highest BCUT2D eigenvalue weighted by atomic mass is 35.5. The molecule has 1 atom stereocenters. The number of furan rings is 1. The van der Waals surface area contributed by atoms with Crippen LogP contribution in [0, 0.1) is 0 Å². The lowest BCUT2D eigenvalue weighted by atomic mass is 10.1. The number of rotatable bonds is 3. The Bertz CT molecular complexity index is 488. The normalized spacial score (nSPS) is 13.6. The molecule has 0 spiro atoms. The molecule has 96 valence electrons. The van der Waals surface area contributed by atoms with Crippen molar-refractivity contribution in [2.75, 3.05) is 0 Å². The zero-order valence-electron chi connectivity index (χ0n) is 9.25. The lowest BCUT2D eigenvalue weighted by Crippen LogP contribution is -2.04. The average molecular weight is 275 g/mol. The van der Waals surface area contributed by atoms with Crippen molar-refractivity contribution in [3.05, 3.63) is 59.5 Å². The highest BCUT2D eigenvalue weighted by Crippen LogP contribution is 2.30. The van der Waals surface area contributed by atoms with Crippen molar-refractivity contribution in [2.24, 2.45) is 0 Å². The monoisotopic (exact) mass is 274 g/mol. The molecule has 1 aromatic heterocycles. The van der Waals surface area contributed by atoms with Gasteiger partial charge in [0.25, 0.3) is 0 Å². The fraction of sp³-hybridized carbons (Fsp3) is 0.231. The van der Waals surface area contributed by atoms with Crippen LogP contribution in [-0.4, -0.2) is 0 Å². The lowest BCUT2D eigenvalue weighted by Gasteiger charge is -2.09. The van der Waals surface area contributed by atoms with Crippen molar-refractivity contribution in [1.82, 2.24) is 0 Å². The van der Waals surface area contributed by atoms with Gasteiger partial charge in [-0.15, -0.1) is 11.6 Å². The van der Waals surface area contributed by atoms with Gasteiger partial charge in [-0.25, -0.2) is 0 Å². The summed E-state index contributed by atoms with van der Waals surface area (Å²) in [7, 11) is 0. The molecule has 1 nitrogen and oxygen atoms in total. The van der Waals surface area contributed by atoms with Crippen LogP contribution in [0.1, 0.15) is 22.3 Å². The number of hydrogen-bond donors (Lipinski definition) is 0. The van der Waals surface area contributed by atoms with E-state index in [2.05, 4.69) is 0 Å². The lowest BCUT2D eigenvalue weighted by molar-refractivity contribution is -0.137. The summed E-state index contributed by atoms with van der Waals surface area (Å²) >= 11 is 6.10. The molecule has 0 amide bonds. The Balaban J connectivity index is 2.07. The predicted octanol–water partition coefficient (Wildman–Crippen LogP) is 4.82. The molecule has 2 rings (SSSR count). The highest BCUT2D eigenvalue weighted by molar-refractivity contribution is 6.20. The van der Waals surface area contributed by atoms with Gasteiger partial charge in [-0.3, -0.25) is 0 Å². The standard InChI is InChI=1S/C13H10ClF3O/c14-11(12-2-1-7-18-12)8-9-3-5-10(6-4-9)13(15,16)17/h1-7,11H,8H2. The molecule has 0 saturated carbocycles. The molecule has 1 unspecified atom stereocenters. The summed E-state index contributed by atoms with van der Waals surface area (Å²) in [6.07, 6.45) is -2.37. The molecule has 1 heterocycles. The fourth-order valence-corrected chi connectivity index (χ4v) is 1.91. The fourth-order valence-electron chi connectivity index (χ4n) is 1.61. The van der Waals surface area contributed by atoms with Crippen molar-refractivity contribution in [1.29, 1.82) is 0 Å². The van der Waals surface area contributed by atoms with Gasteiger partial charge in [0, 0.05) is 0 Å². The van der Waals surface area contributed by atoms with Gasteiger partial charge in [-0.1, -0.05) is 12.1 Å². The van der Waals surface area contributed by atoms with E-state index in [0.29, 0.717) is 12.2 Å². The van der Waals surface area contributed by atoms with Gasteiger partial charge in [0.2, 0.25) is 0 Å². The van der Waals surface area contributed by atoms with Gasteiger partial charge < -0.3 is 4.42 Å². The van der Waals surface area contributed by atoms with Gasteiger partial charge in [0.15, 0.2) is 0 Å². The van der Waals surface area contributed by atoms with Crippen molar-refractivity contribution in [3.63, 3.8) is 0 Å². The Kier molecular flexibility index (Phi) is 3.66. The molecule has 0 aliphatic carbocycles. The van der Waals surface area contributed by atoms with Crippen molar-refractivity contribution in [3.8, 4) is 0 Å². The van der Waals surface area contributed by atoms with Gasteiger partial charge in [0.1, 0.15) is 5.76 Å². The van der Waals surface area contributed by atoms with E-state index in [1.807, 2.05) is 0 Å². The van der Waals surface area contributed by atoms with Gasteiger partial charge >= 0.3 is 6.18 Å². The van der Waals surface area contributed by atoms with Crippen molar-refractivity contribution >= 4 is 11.6 Å². The van der Waals surface area contributed by atoms with Crippen LogP contribution in [0.3, 0.4) is 0 Å². The van der Waals surface area contributed by atoms with Crippen LogP contribution >= 0.6 is 11.6 Å². The minimum absolute atomic E-state index is 0.378. The van der Waals surface area contributed by atoms with E-state index < -0.39 is 11.7 Å². The Morgan fingerprint density at radius 3 is 2.28 bits per heavy atom. The zero-order chi connectivity index (χ0) is 13.2. The largest absolute Gasteiger partial charge is 0.468 e. The van der Waals surface area contributed by atoms with Gasteiger partial charge in [-0.2, -0.15) is 13.2 Å². The first-order valence-corrected chi connectivity index (χ1v) is 5.74. The third kappa shape index (κ3) is 3.07. The van der Waals surface area contributed by atoms with Crippen LogP contribution in [0.15, 0.2) is 47.1 Å². The number of alkyl halides is 4. The molecular weight excluding hydrogens is 265 g/mol. The Morgan fingerprint density at radius 2 is 1.78 bits per heavy atom. The van der Waals surface area contributed by atoms with E-state index in [0.717, 1.165) is 17.7 Å². The highest BCUT2D eigenvalue weighted by Gasteiger charge is 2.30. The van der Waals surface area contributed by atoms with E-state index in [1.165, 1.54) is 18.4 Å². The van der Waals surface area contributed by atoms with Crippen LogP contribution in [0.2, 0.25) is 0 Å². The maximum atomic E-state index is 12.4. The Labute approximate surface area is 107 Å². The van der Waals surface area contributed by atoms with Crippen LogP contribution in [0.5, 0.6) is 0 Å². The number of hydrogen-bond acceptors (Lipinski definition) is 1. The van der Waals surface area contributed by atoms with E-state index in [-0.39, 0.29) is 5.38 Å².